The summed E-state index contributed by atoms with van der Waals surface area (Å²) in [5.41, 5.74) is 1.38. The fourth-order valence-corrected chi connectivity index (χ4v) is 2.35. The quantitative estimate of drug-likeness (QED) is 0.626. The van der Waals surface area contributed by atoms with Crippen LogP contribution in [0.25, 0.3) is 11.0 Å². The smallest absolute Gasteiger partial charge is 0.379 e. The van der Waals surface area contributed by atoms with Crippen molar-refractivity contribution in [3.05, 3.63) is 70.6 Å². The number of benzene rings is 2. The lowest BCUT2D eigenvalue weighted by Gasteiger charge is -2.06. The van der Waals surface area contributed by atoms with E-state index >= 15 is 0 Å². The van der Waals surface area contributed by atoms with Gasteiger partial charge in [0.2, 0.25) is 5.75 Å². The van der Waals surface area contributed by atoms with Crippen LogP contribution >= 0.6 is 0 Å². The Morgan fingerprint density at radius 2 is 1.82 bits per heavy atom. The minimum absolute atomic E-state index is 0.208. The van der Waals surface area contributed by atoms with Crippen molar-refractivity contribution in [2.45, 2.75) is 26.2 Å². The molecule has 0 amide bonds. The summed E-state index contributed by atoms with van der Waals surface area (Å²) in [6.07, 6.45) is 3.42. The molecule has 0 saturated heterocycles. The number of rotatable bonds is 5. The van der Waals surface area contributed by atoms with Crippen molar-refractivity contribution in [1.82, 2.24) is 0 Å². The van der Waals surface area contributed by atoms with Gasteiger partial charge in [-0.25, -0.2) is 4.79 Å². The molecule has 0 aliphatic rings. The summed E-state index contributed by atoms with van der Waals surface area (Å²) >= 11 is 0. The molecule has 3 heteroatoms. The molecule has 1 aromatic heterocycles. The van der Waals surface area contributed by atoms with Gasteiger partial charge in [0, 0.05) is 5.39 Å². The number of hydrogen-bond donors (Lipinski definition) is 0. The molecule has 0 radical (unpaired) electrons. The zero-order chi connectivity index (χ0) is 15.4. The maximum atomic E-state index is 12.0. The third kappa shape index (κ3) is 3.19. The summed E-state index contributed by atoms with van der Waals surface area (Å²) in [4.78, 5) is 12.0. The third-order valence-electron chi connectivity index (χ3n) is 3.58. The summed E-state index contributed by atoms with van der Waals surface area (Å²) in [5.74, 6) is 0.850. The molecule has 0 atom stereocenters. The summed E-state index contributed by atoms with van der Waals surface area (Å²) in [6, 6.07) is 16.9. The van der Waals surface area contributed by atoms with Crippen molar-refractivity contribution in [2.24, 2.45) is 0 Å². The van der Waals surface area contributed by atoms with Crippen LogP contribution in [0.5, 0.6) is 11.5 Å². The average molecular weight is 294 g/mol. The van der Waals surface area contributed by atoms with E-state index in [1.54, 1.807) is 12.1 Å². The highest BCUT2D eigenvalue weighted by Gasteiger charge is 2.07. The van der Waals surface area contributed by atoms with Crippen LogP contribution in [-0.2, 0) is 6.42 Å². The molecule has 0 bridgehead atoms. The molecule has 0 aliphatic heterocycles. The summed E-state index contributed by atoms with van der Waals surface area (Å²) < 4.78 is 10.9. The Morgan fingerprint density at radius 1 is 1.05 bits per heavy atom. The minimum Gasteiger partial charge on any atom is -0.450 e. The topological polar surface area (TPSA) is 39.4 Å². The number of ether oxygens (including phenoxy) is 1. The average Bonchev–Trinajstić information content (AvgIpc) is 2.55. The Hall–Kier alpha value is -2.55. The first-order valence-corrected chi connectivity index (χ1v) is 7.56. The van der Waals surface area contributed by atoms with Gasteiger partial charge in [0.1, 0.15) is 11.3 Å². The van der Waals surface area contributed by atoms with E-state index < -0.39 is 5.63 Å². The molecule has 2 aromatic carbocycles. The lowest BCUT2D eigenvalue weighted by atomic mass is 10.1. The van der Waals surface area contributed by atoms with E-state index in [0.717, 1.165) is 11.8 Å². The van der Waals surface area contributed by atoms with Gasteiger partial charge in [-0.15, -0.1) is 0 Å². The van der Waals surface area contributed by atoms with Gasteiger partial charge in [0.05, 0.1) is 0 Å². The SMILES string of the molecule is CCCCc1ccc(Oc2cc3ccccc3oc2=O)cc1. The Balaban J connectivity index is 1.83. The molecule has 3 rings (SSSR count). The number of hydrogen-bond acceptors (Lipinski definition) is 3. The Bertz CT molecular complexity index is 816. The Labute approximate surface area is 129 Å². The van der Waals surface area contributed by atoms with Gasteiger partial charge in [-0.3, -0.25) is 0 Å². The molecule has 0 aliphatic carbocycles. The summed E-state index contributed by atoms with van der Waals surface area (Å²) in [6.45, 7) is 2.18. The second kappa shape index (κ2) is 6.48. The first-order chi connectivity index (χ1) is 10.8. The van der Waals surface area contributed by atoms with Crippen LogP contribution in [0.2, 0.25) is 0 Å². The van der Waals surface area contributed by atoms with Crippen molar-refractivity contribution in [3.63, 3.8) is 0 Å². The molecule has 0 unspecified atom stereocenters. The minimum atomic E-state index is -0.464. The van der Waals surface area contributed by atoms with Crippen LogP contribution in [0, 0.1) is 0 Å². The second-order valence-electron chi connectivity index (χ2n) is 5.29. The van der Waals surface area contributed by atoms with Gasteiger partial charge < -0.3 is 9.15 Å². The van der Waals surface area contributed by atoms with Gasteiger partial charge in [0.25, 0.3) is 0 Å². The summed E-state index contributed by atoms with van der Waals surface area (Å²) in [7, 11) is 0. The van der Waals surface area contributed by atoms with E-state index in [4.69, 9.17) is 9.15 Å². The fraction of sp³-hybridized carbons (Fsp3) is 0.211. The van der Waals surface area contributed by atoms with Crippen molar-refractivity contribution < 1.29 is 9.15 Å². The predicted octanol–water partition coefficient (Wildman–Crippen LogP) is 4.93. The van der Waals surface area contributed by atoms with E-state index in [0.29, 0.717) is 11.3 Å². The van der Waals surface area contributed by atoms with Crippen LogP contribution in [0.4, 0.5) is 0 Å². The van der Waals surface area contributed by atoms with E-state index in [1.807, 2.05) is 42.5 Å². The standard InChI is InChI=1S/C19H18O3/c1-2-3-6-14-9-11-16(12-10-14)21-18-13-15-7-4-5-8-17(15)22-19(18)20/h4-5,7-13H,2-3,6H2,1H3. The van der Waals surface area contributed by atoms with Gasteiger partial charge in [0.15, 0.2) is 0 Å². The molecule has 0 fully saturated rings. The van der Waals surface area contributed by atoms with Gasteiger partial charge in [-0.05, 0) is 42.7 Å². The second-order valence-corrected chi connectivity index (χ2v) is 5.29. The highest BCUT2D eigenvalue weighted by molar-refractivity contribution is 5.77. The lowest BCUT2D eigenvalue weighted by Crippen LogP contribution is -2.02. The van der Waals surface area contributed by atoms with E-state index in [-0.39, 0.29) is 5.75 Å². The van der Waals surface area contributed by atoms with Gasteiger partial charge in [-0.1, -0.05) is 43.7 Å². The fourth-order valence-electron chi connectivity index (χ4n) is 2.35. The van der Waals surface area contributed by atoms with Crippen LogP contribution in [-0.4, -0.2) is 0 Å². The first kappa shape index (κ1) is 14.4. The van der Waals surface area contributed by atoms with E-state index in [2.05, 4.69) is 6.92 Å². The zero-order valence-electron chi connectivity index (χ0n) is 12.5. The van der Waals surface area contributed by atoms with Crippen molar-refractivity contribution in [2.75, 3.05) is 0 Å². The van der Waals surface area contributed by atoms with Crippen molar-refractivity contribution >= 4 is 11.0 Å². The van der Waals surface area contributed by atoms with Crippen LogP contribution < -0.4 is 10.4 Å². The molecule has 22 heavy (non-hydrogen) atoms. The molecule has 3 aromatic rings. The largest absolute Gasteiger partial charge is 0.450 e. The molecule has 3 nitrogen and oxygen atoms in total. The van der Waals surface area contributed by atoms with Crippen LogP contribution in [0.15, 0.2) is 63.8 Å². The molecule has 112 valence electrons. The van der Waals surface area contributed by atoms with E-state index in [9.17, 15) is 4.79 Å². The lowest BCUT2D eigenvalue weighted by molar-refractivity contribution is 0.437. The molecule has 0 spiro atoms. The first-order valence-electron chi connectivity index (χ1n) is 7.56. The highest BCUT2D eigenvalue weighted by atomic mass is 16.5. The van der Waals surface area contributed by atoms with E-state index in [1.165, 1.54) is 18.4 Å². The van der Waals surface area contributed by atoms with Crippen LogP contribution in [0.1, 0.15) is 25.3 Å². The number of fused-ring (bicyclic) bond motifs is 1. The Kier molecular flexibility index (Phi) is 4.24. The molecule has 0 saturated carbocycles. The van der Waals surface area contributed by atoms with Crippen molar-refractivity contribution in [3.8, 4) is 11.5 Å². The van der Waals surface area contributed by atoms with Crippen molar-refractivity contribution in [1.29, 1.82) is 0 Å². The predicted molar refractivity (Wildman–Crippen MR) is 87.6 cm³/mol. The van der Waals surface area contributed by atoms with Gasteiger partial charge in [-0.2, -0.15) is 0 Å². The maximum Gasteiger partial charge on any atom is 0.379 e. The number of aryl methyl sites for hydroxylation is 1. The third-order valence-corrected chi connectivity index (χ3v) is 3.58. The Morgan fingerprint density at radius 3 is 2.59 bits per heavy atom. The number of para-hydroxylation sites is 1. The monoisotopic (exact) mass is 294 g/mol. The summed E-state index contributed by atoms with van der Waals surface area (Å²) in [5, 5.41) is 0.844. The highest BCUT2D eigenvalue weighted by Crippen LogP contribution is 2.23. The zero-order valence-corrected chi connectivity index (χ0v) is 12.5. The maximum absolute atomic E-state index is 12.0. The van der Waals surface area contributed by atoms with Gasteiger partial charge >= 0.3 is 5.63 Å². The normalized spacial score (nSPS) is 10.8. The van der Waals surface area contributed by atoms with Crippen LogP contribution in [0.3, 0.4) is 0 Å². The molecular weight excluding hydrogens is 276 g/mol. The molecular formula is C19H18O3. The molecule has 1 heterocycles. The molecule has 0 N–H and O–H groups in total. The number of unbranched alkanes of at least 4 members (excludes halogenated alkanes) is 1.